The summed E-state index contributed by atoms with van der Waals surface area (Å²) >= 11 is 4.97. The van der Waals surface area contributed by atoms with Crippen molar-refractivity contribution in [3.63, 3.8) is 0 Å². The van der Waals surface area contributed by atoms with E-state index in [0.29, 0.717) is 25.6 Å². The average Bonchev–Trinajstić information content (AvgIpc) is 2.74. The zero-order chi connectivity index (χ0) is 14.0. The molecule has 0 amide bonds. The highest BCUT2D eigenvalue weighted by Crippen LogP contribution is 2.24. The molecule has 1 fully saturated rings. The van der Waals surface area contributed by atoms with Gasteiger partial charge in [0.15, 0.2) is 0 Å². The summed E-state index contributed by atoms with van der Waals surface area (Å²) in [5.41, 5.74) is 1.02. The van der Waals surface area contributed by atoms with Crippen LogP contribution in [0.25, 0.3) is 0 Å². The standard InChI is InChI=1S/C12H19BrN2O2S2/c1-10-4-3-5-15(7-10)19(16,17)14(2)8-11-6-12(13)18-9-11/h6,9-10H,3-5,7-8H2,1-2H3. The third-order valence-electron chi connectivity index (χ3n) is 3.37. The Balaban J connectivity index is 2.06. The van der Waals surface area contributed by atoms with Gasteiger partial charge in [-0.3, -0.25) is 0 Å². The summed E-state index contributed by atoms with van der Waals surface area (Å²) in [5.74, 6) is 0.451. The van der Waals surface area contributed by atoms with Gasteiger partial charge in [-0.1, -0.05) is 6.92 Å². The van der Waals surface area contributed by atoms with Gasteiger partial charge in [0.25, 0.3) is 10.2 Å². The van der Waals surface area contributed by atoms with Crippen molar-refractivity contribution in [2.24, 2.45) is 5.92 Å². The van der Waals surface area contributed by atoms with E-state index >= 15 is 0 Å². The lowest BCUT2D eigenvalue weighted by molar-refractivity contribution is 0.263. The monoisotopic (exact) mass is 366 g/mol. The molecule has 1 aliphatic rings. The van der Waals surface area contributed by atoms with E-state index in [4.69, 9.17) is 0 Å². The van der Waals surface area contributed by atoms with Crippen LogP contribution in [-0.2, 0) is 16.8 Å². The molecule has 1 unspecified atom stereocenters. The number of halogens is 1. The van der Waals surface area contributed by atoms with Crippen molar-refractivity contribution in [1.29, 1.82) is 0 Å². The van der Waals surface area contributed by atoms with E-state index in [2.05, 4.69) is 22.9 Å². The maximum Gasteiger partial charge on any atom is 0.282 e. The molecule has 0 saturated carbocycles. The normalized spacial score (nSPS) is 22.0. The molecule has 0 aromatic carbocycles. The van der Waals surface area contributed by atoms with Gasteiger partial charge in [0.05, 0.1) is 3.79 Å². The third-order valence-corrected chi connectivity index (χ3v) is 6.82. The highest BCUT2D eigenvalue weighted by Gasteiger charge is 2.30. The van der Waals surface area contributed by atoms with Crippen LogP contribution in [0.4, 0.5) is 0 Å². The largest absolute Gasteiger partial charge is 0.282 e. The van der Waals surface area contributed by atoms with Crippen LogP contribution < -0.4 is 0 Å². The minimum atomic E-state index is -3.33. The van der Waals surface area contributed by atoms with Crippen molar-refractivity contribution < 1.29 is 8.42 Å². The molecule has 2 rings (SSSR count). The van der Waals surface area contributed by atoms with Crippen LogP contribution in [0.1, 0.15) is 25.3 Å². The van der Waals surface area contributed by atoms with Crippen LogP contribution >= 0.6 is 27.3 Å². The average molecular weight is 367 g/mol. The molecule has 0 N–H and O–H groups in total. The Kier molecular flexibility index (Phi) is 5.05. The van der Waals surface area contributed by atoms with Crippen molar-refractivity contribution in [1.82, 2.24) is 8.61 Å². The van der Waals surface area contributed by atoms with E-state index in [0.717, 1.165) is 22.2 Å². The smallest absolute Gasteiger partial charge is 0.195 e. The Hall–Kier alpha value is 0.0500. The molecule has 0 aliphatic carbocycles. The number of thiophene rings is 1. The van der Waals surface area contributed by atoms with Crippen molar-refractivity contribution in [2.75, 3.05) is 20.1 Å². The molecule has 1 atom stereocenters. The fourth-order valence-corrected chi connectivity index (χ4v) is 5.03. The predicted molar refractivity (Wildman–Crippen MR) is 82.4 cm³/mol. The molecule has 0 spiro atoms. The third kappa shape index (κ3) is 3.78. The Morgan fingerprint density at radius 2 is 2.32 bits per heavy atom. The first kappa shape index (κ1) is 15.4. The van der Waals surface area contributed by atoms with Crippen LogP contribution in [0.15, 0.2) is 15.2 Å². The lowest BCUT2D eigenvalue weighted by Crippen LogP contribution is -2.45. The quantitative estimate of drug-likeness (QED) is 0.821. The van der Waals surface area contributed by atoms with Crippen molar-refractivity contribution in [2.45, 2.75) is 26.3 Å². The van der Waals surface area contributed by atoms with Crippen molar-refractivity contribution in [3.05, 3.63) is 20.8 Å². The molecule has 1 aromatic heterocycles. The summed E-state index contributed by atoms with van der Waals surface area (Å²) in [7, 11) is -1.67. The topological polar surface area (TPSA) is 40.6 Å². The maximum absolute atomic E-state index is 12.5. The summed E-state index contributed by atoms with van der Waals surface area (Å²) in [6.45, 7) is 3.82. The zero-order valence-electron chi connectivity index (χ0n) is 11.2. The Labute approximate surface area is 127 Å². The molecular weight excluding hydrogens is 348 g/mol. The summed E-state index contributed by atoms with van der Waals surface area (Å²) in [6.07, 6.45) is 2.07. The first-order valence-electron chi connectivity index (χ1n) is 6.34. The number of rotatable bonds is 4. The fourth-order valence-electron chi connectivity index (χ4n) is 2.32. The van der Waals surface area contributed by atoms with Crippen LogP contribution in [0, 0.1) is 5.92 Å². The molecule has 0 bridgehead atoms. The van der Waals surface area contributed by atoms with Gasteiger partial charge in [0, 0.05) is 26.7 Å². The zero-order valence-corrected chi connectivity index (χ0v) is 14.4. The second-order valence-corrected chi connectivity index (χ2v) is 9.45. The SMILES string of the molecule is CC1CCCN(S(=O)(=O)N(C)Cc2csc(Br)c2)C1. The molecule has 19 heavy (non-hydrogen) atoms. The second-order valence-electron chi connectivity index (χ2n) is 5.13. The highest BCUT2D eigenvalue weighted by atomic mass is 79.9. The van der Waals surface area contributed by atoms with E-state index in [9.17, 15) is 8.42 Å². The summed E-state index contributed by atoms with van der Waals surface area (Å²) in [4.78, 5) is 0. The first-order chi connectivity index (χ1) is 8.89. The van der Waals surface area contributed by atoms with Gasteiger partial charge in [0.2, 0.25) is 0 Å². The van der Waals surface area contributed by atoms with Crippen LogP contribution in [0.2, 0.25) is 0 Å². The van der Waals surface area contributed by atoms with Gasteiger partial charge >= 0.3 is 0 Å². The molecule has 1 aromatic rings. The predicted octanol–water partition coefficient (Wildman–Crippen LogP) is 2.92. The van der Waals surface area contributed by atoms with Crippen LogP contribution in [-0.4, -0.2) is 37.2 Å². The van der Waals surface area contributed by atoms with Crippen LogP contribution in [0.5, 0.6) is 0 Å². The van der Waals surface area contributed by atoms with Gasteiger partial charge in [-0.15, -0.1) is 11.3 Å². The Morgan fingerprint density at radius 1 is 1.58 bits per heavy atom. The molecule has 7 heteroatoms. The minimum absolute atomic E-state index is 0.426. The number of piperidine rings is 1. The van der Waals surface area contributed by atoms with Gasteiger partial charge in [-0.05, 0) is 51.7 Å². The van der Waals surface area contributed by atoms with Gasteiger partial charge in [-0.25, -0.2) is 0 Å². The molecule has 1 saturated heterocycles. The second kappa shape index (κ2) is 6.22. The highest BCUT2D eigenvalue weighted by molar-refractivity contribution is 9.11. The fraction of sp³-hybridized carbons (Fsp3) is 0.667. The van der Waals surface area contributed by atoms with Gasteiger partial charge in [-0.2, -0.15) is 17.0 Å². The minimum Gasteiger partial charge on any atom is -0.195 e. The van der Waals surface area contributed by atoms with E-state index in [1.165, 1.54) is 4.31 Å². The lowest BCUT2D eigenvalue weighted by Gasteiger charge is -2.33. The number of hydrogen-bond donors (Lipinski definition) is 0. The van der Waals surface area contributed by atoms with E-state index in [1.54, 1.807) is 22.7 Å². The first-order valence-corrected chi connectivity index (χ1v) is 9.41. The van der Waals surface area contributed by atoms with Crippen molar-refractivity contribution >= 4 is 37.5 Å². The summed E-state index contributed by atoms with van der Waals surface area (Å²) in [5, 5.41) is 1.98. The van der Waals surface area contributed by atoms with Gasteiger partial charge in [0.1, 0.15) is 0 Å². The lowest BCUT2D eigenvalue weighted by atomic mass is 10.0. The van der Waals surface area contributed by atoms with E-state index in [-0.39, 0.29) is 0 Å². The molecular formula is C12H19BrN2O2S2. The summed E-state index contributed by atoms with van der Waals surface area (Å²) in [6, 6.07) is 1.97. The Bertz CT molecular complexity index is 530. The molecule has 1 aliphatic heterocycles. The molecule has 4 nitrogen and oxygen atoms in total. The van der Waals surface area contributed by atoms with E-state index in [1.807, 2.05) is 11.4 Å². The number of hydrogen-bond acceptors (Lipinski definition) is 3. The molecule has 108 valence electrons. The van der Waals surface area contributed by atoms with Crippen molar-refractivity contribution in [3.8, 4) is 0 Å². The molecule has 0 radical (unpaired) electrons. The Morgan fingerprint density at radius 3 is 2.89 bits per heavy atom. The molecule has 2 heterocycles. The number of nitrogens with zero attached hydrogens (tertiary/aromatic N) is 2. The summed E-state index contributed by atoms with van der Waals surface area (Å²) < 4.78 is 29.1. The van der Waals surface area contributed by atoms with Crippen LogP contribution in [0.3, 0.4) is 0 Å². The van der Waals surface area contributed by atoms with E-state index < -0.39 is 10.2 Å². The van der Waals surface area contributed by atoms with Gasteiger partial charge < -0.3 is 0 Å². The maximum atomic E-state index is 12.5.